The number of rotatable bonds is 10. The Hall–Kier alpha value is -1.26. The highest BCUT2D eigenvalue weighted by Crippen LogP contribution is 2.28. The second-order valence-electron chi connectivity index (χ2n) is 6.40. The second-order valence-corrected chi connectivity index (χ2v) is 6.40. The van der Waals surface area contributed by atoms with E-state index < -0.39 is 0 Å². The van der Waals surface area contributed by atoms with Crippen molar-refractivity contribution < 1.29 is 14.2 Å². The Morgan fingerprint density at radius 2 is 1.93 bits per heavy atom. The molecule has 160 valence electrons. The number of aliphatic imine (C=N–C) groups is 1. The Kier molecular flexibility index (Phi) is 13.0. The number of morpholine rings is 1. The van der Waals surface area contributed by atoms with Crippen molar-refractivity contribution in [2.75, 3.05) is 66.7 Å². The van der Waals surface area contributed by atoms with Gasteiger partial charge in [-0.05, 0) is 37.5 Å². The van der Waals surface area contributed by atoms with Crippen LogP contribution in [0.5, 0.6) is 11.5 Å². The van der Waals surface area contributed by atoms with Crippen LogP contribution in [0.25, 0.3) is 0 Å². The summed E-state index contributed by atoms with van der Waals surface area (Å²) in [5.74, 6) is 2.45. The third-order valence-corrected chi connectivity index (χ3v) is 4.51. The van der Waals surface area contributed by atoms with Gasteiger partial charge >= 0.3 is 0 Å². The van der Waals surface area contributed by atoms with Crippen LogP contribution < -0.4 is 20.1 Å². The SMILES string of the molecule is CCOc1cc(CCCNC(=NC)NCCN2CCOCC2)ccc1OC.I. The molecule has 0 atom stereocenters. The average molecular weight is 506 g/mol. The zero-order chi connectivity index (χ0) is 19.3. The minimum Gasteiger partial charge on any atom is -0.493 e. The molecule has 0 amide bonds. The fourth-order valence-electron chi connectivity index (χ4n) is 3.02. The number of ether oxygens (including phenoxy) is 3. The molecular weight excluding hydrogens is 471 g/mol. The van der Waals surface area contributed by atoms with E-state index in [1.54, 1.807) is 7.11 Å². The lowest BCUT2D eigenvalue weighted by Crippen LogP contribution is -2.44. The van der Waals surface area contributed by atoms with E-state index in [2.05, 4.69) is 32.7 Å². The van der Waals surface area contributed by atoms with Crippen LogP contribution in [0.2, 0.25) is 0 Å². The molecule has 7 nitrogen and oxygen atoms in total. The first-order chi connectivity index (χ1) is 13.3. The Morgan fingerprint density at radius 3 is 2.61 bits per heavy atom. The summed E-state index contributed by atoms with van der Waals surface area (Å²) >= 11 is 0. The Morgan fingerprint density at radius 1 is 1.18 bits per heavy atom. The maximum Gasteiger partial charge on any atom is 0.191 e. The molecule has 8 heteroatoms. The van der Waals surface area contributed by atoms with Gasteiger partial charge in [-0.1, -0.05) is 6.07 Å². The molecule has 0 aliphatic carbocycles. The van der Waals surface area contributed by atoms with Crippen LogP contribution in [-0.4, -0.2) is 77.6 Å². The molecule has 0 bridgehead atoms. The molecule has 1 saturated heterocycles. The molecule has 2 rings (SSSR count). The average Bonchev–Trinajstić information content (AvgIpc) is 2.71. The Bertz CT molecular complexity index is 581. The minimum absolute atomic E-state index is 0. The minimum atomic E-state index is 0. The van der Waals surface area contributed by atoms with Gasteiger partial charge in [0.25, 0.3) is 0 Å². The maximum atomic E-state index is 5.64. The number of halogens is 1. The molecule has 0 spiro atoms. The van der Waals surface area contributed by atoms with Gasteiger partial charge in [-0.3, -0.25) is 9.89 Å². The van der Waals surface area contributed by atoms with Gasteiger partial charge < -0.3 is 24.8 Å². The molecule has 0 unspecified atom stereocenters. The zero-order valence-corrected chi connectivity index (χ0v) is 19.7. The lowest BCUT2D eigenvalue weighted by molar-refractivity contribution is 0.0389. The molecular formula is C20H35IN4O3. The molecule has 0 radical (unpaired) electrons. The van der Waals surface area contributed by atoms with E-state index >= 15 is 0 Å². The largest absolute Gasteiger partial charge is 0.493 e. The molecule has 1 aromatic carbocycles. The monoisotopic (exact) mass is 506 g/mol. The first kappa shape index (κ1) is 24.8. The second kappa shape index (κ2) is 14.7. The van der Waals surface area contributed by atoms with E-state index in [1.165, 1.54) is 5.56 Å². The highest BCUT2D eigenvalue weighted by molar-refractivity contribution is 14.0. The molecule has 0 aromatic heterocycles. The van der Waals surface area contributed by atoms with E-state index in [9.17, 15) is 0 Å². The predicted molar refractivity (Wildman–Crippen MR) is 125 cm³/mol. The highest BCUT2D eigenvalue weighted by atomic mass is 127. The third kappa shape index (κ3) is 8.83. The summed E-state index contributed by atoms with van der Waals surface area (Å²) in [6.07, 6.45) is 1.99. The number of benzene rings is 1. The van der Waals surface area contributed by atoms with E-state index in [0.717, 1.165) is 76.2 Å². The quantitative estimate of drug-likeness (QED) is 0.220. The molecule has 1 aromatic rings. The molecule has 0 saturated carbocycles. The number of nitrogens with zero attached hydrogens (tertiary/aromatic N) is 2. The van der Waals surface area contributed by atoms with Crippen molar-refractivity contribution in [2.45, 2.75) is 19.8 Å². The molecule has 1 aliphatic heterocycles. The van der Waals surface area contributed by atoms with Crippen molar-refractivity contribution in [1.82, 2.24) is 15.5 Å². The zero-order valence-electron chi connectivity index (χ0n) is 17.3. The van der Waals surface area contributed by atoms with Crippen molar-refractivity contribution in [3.63, 3.8) is 0 Å². The van der Waals surface area contributed by atoms with E-state index in [1.807, 2.05) is 20.0 Å². The Balaban J connectivity index is 0.00000392. The summed E-state index contributed by atoms with van der Waals surface area (Å²) < 4.78 is 16.3. The first-order valence-corrected chi connectivity index (χ1v) is 9.81. The number of hydrogen-bond donors (Lipinski definition) is 2. The smallest absolute Gasteiger partial charge is 0.191 e. The van der Waals surface area contributed by atoms with Crippen LogP contribution >= 0.6 is 24.0 Å². The van der Waals surface area contributed by atoms with Crippen molar-refractivity contribution in [3.05, 3.63) is 23.8 Å². The van der Waals surface area contributed by atoms with Crippen molar-refractivity contribution in [3.8, 4) is 11.5 Å². The maximum absolute atomic E-state index is 5.64. The number of guanidine groups is 1. The van der Waals surface area contributed by atoms with Crippen molar-refractivity contribution in [2.24, 2.45) is 4.99 Å². The lowest BCUT2D eigenvalue weighted by Gasteiger charge is -2.26. The number of nitrogens with one attached hydrogen (secondary N) is 2. The van der Waals surface area contributed by atoms with Crippen LogP contribution in [-0.2, 0) is 11.2 Å². The molecule has 1 fully saturated rings. The third-order valence-electron chi connectivity index (χ3n) is 4.51. The number of hydrogen-bond acceptors (Lipinski definition) is 5. The van der Waals surface area contributed by atoms with Gasteiger partial charge in [0.2, 0.25) is 0 Å². The highest BCUT2D eigenvalue weighted by Gasteiger charge is 2.09. The summed E-state index contributed by atoms with van der Waals surface area (Å²) in [5, 5.41) is 6.76. The summed E-state index contributed by atoms with van der Waals surface area (Å²) in [4.78, 5) is 6.70. The normalized spacial score (nSPS) is 14.9. The van der Waals surface area contributed by atoms with Crippen LogP contribution in [0.15, 0.2) is 23.2 Å². The summed E-state index contributed by atoms with van der Waals surface area (Å²) in [7, 11) is 3.47. The predicted octanol–water partition coefficient (Wildman–Crippen LogP) is 2.14. The molecule has 28 heavy (non-hydrogen) atoms. The lowest BCUT2D eigenvalue weighted by atomic mass is 10.1. The van der Waals surface area contributed by atoms with Crippen LogP contribution in [0.1, 0.15) is 18.9 Å². The summed E-state index contributed by atoms with van der Waals surface area (Å²) in [6.45, 7) is 9.08. The van der Waals surface area contributed by atoms with Gasteiger partial charge in [-0.2, -0.15) is 0 Å². The van der Waals surface area contributed by atoms with Gasteiger partial charge in [0.1, 0.15) is 0 Å². The molecule has 1 aliphatic rings. The molecule has 1 heterocycles. The van der Waals surface area contributed by atoms with Gasteiger partial charge in [0.05, 0.1) is 26.9 Å². The van der Waals surface area contributed by atoms with Gasteiger partial charge in [-0.25, -0.2) is 0 Å². The van der Waals surface area contributed by atoms with Crippen LogP contribution in [0.3, 0.4) is 0 Å². The number of aryl methyl sites for hydroxylation is 1. The fraction of sp³-hybridized carbons (Fsp3) is 0.650. The fourth-order valence-corrected chi connectivity index (χ4v) is 3.02. The van der Waals surface area contributed by atoms with Gasteiger partial charge in [0, 0.05) is 39.8 Å². The van der Waals surface area contributed by atoms with Crippen LogP contribution in [0.4, 0.5) is 0 Å². The standard InChI is InChI=1S/C20H34N4O3.HI/c1-4-27-19-16-17(7-8-18(19)25-3)6-5-9-22-20(21-2)23-10-11-24-12-14-26-15-13-24;/h7-8,16H,4-6,9-15H2,1-3H3,(H2,21,22,23);1H. The van der Waals surface area contributed by atoms with Gasteiger partial charge in [0.15, 0.2) is 17.5 Å². The summed E-state index contributed by atoms with van der Waals surface area (Å²) in [6, 6.07) is 6.13. The van der Waals surface area contributed by atoms with Crippen LogP contribution in [0, 0.1) is 0 Å². The Labute approximate surface area is 186 Å². The first-order valence-electron chi connectivity index (χ1n) is 9.81. The van der Waals surface area contributed by atoms with E-state index in [0.29, 0.717) is 6.61 Å². The number of methoxy groups -OCH3 is 1. The van der Waals surface area contributed by atoms with Gasteiger partial charge in [-0.15, -0.1) is 24.0 Å². The van der Waals surface area contributed by atoms with E-state index in [4.69, 9.17) is 14.2 Å². The summed E-state index contributed by atoms with van der Waals surface area (Å²) in [5.41, 5.74) is 1.25. The van der Waals surface area contributed by atoms with Crippen molar-refractivity contribution >= 4 is 29.9 Å². The molecule has 2 N–H and O–H groups in total. The topological polar surface area (TPSA) is 67.4 Å². The van der Waals surface area contributed by atoms with Crippen molar-refractivity contribution in [1.29, 1.82) is 0 Å². The van der Waals surface area contributed by atoms with E-state index in [-0.39, 0.29) is 24.0 Å².